The lowest BCUT2D eigenvalue weighted by molar-refractivity contribution is -0.134. The molecule has 0 aromatic carbocycles. The molecular weight excluding hydrogens is 262 g/mol. The van der Waals surface area contributed by atoms with E-state index in [1.165, 1.54) is 0 Å². The molecule has 0 unspecified atom stereocenters. The number of nitrogens with zero attached hydrogens (tertiary/aromatic N) is 3. The zero-order valence-electron chi connectivity index (χ0n) is 13.8. The van der Waals surface area contributed by atoms with Crippen molar-refractivity contribution in [2.75, 3.05) is 26.2 Å². The van der Waals surface area contributed by atoms with Crippen LogP contribution in [0.15, 0.2) is 0 Å². The van der Waals surface area contributed by atoms with Gasteiger partial charge in [-0.05, 0) is 37.6 Å². The predicted molar refractivity (Wildman–Crippen MR) is 83.6 cm³/mol. The molecule has 0 saturated carbocycles. The third kappa shape index (κ3) is 4.71. The van der Waals surface area contributed by atoms with Crippen LogP contribution in [0.1, 0.15) is 52.9 Å². The van der Waals surface area contributed by atoms with Gasteiger partial charge in [-0.3, -0.25) is 9.69 Å². The average molecular weight is 291 g/mol. The summed E-state index contributed by atoms with van der Waals surface area (Å²) in [5, 5.41) is 9.10. The Morgan fingerprint density at radius 2 is 1.86 bits per heavy atom. The summed E-state index contributed by atoms with van der Waals surface area (Å²) in [7, 11) is 0. The summed E-state index contributed by atoms with van der Waals surface area (Å²) >= 11 is 0. The van der Waals surface area contributed by atoms with Crippen molar-refractivity contribution >= 4 is 5.91 Å². The van der Waals surface area contributed by atoms with Crippen molar-refractivity contribution in [3.05, 3.63) is 0 Å². The summed E-state index contributed by atoms with van der Waals surface area (Å²) in [5.41, 5.74) is 0.0703. The molecule has 21 heavy (non-hydrogen) atoms. The minimum absolute atomic E-state index is 0.0703. The molecule has 4 heteroatoms. The minimum atomic E-state index is 0.0703. The Labute approximate surface area is 129 Å². The molecule has 0 aromatic heterocycles. The number of rotatable bonds is 2. The Balaban J connectivity index is 1.80. The molecule has 2 heterocycles. The molecule has 0 spiro atoms. The number of likely N-dealkylation sites (tertiary alicyclic amines) is 2. The summed E-state index contributed by atoms with van der Waals surface area (Å²) < 4.78 is 0. The van der Waals surface area contributed by atoms with Crippen LogP contribution in [0.5, 0.6) is 0 Å². The van der Waals surface area contributed by atoms with Crippen molar-refractivity contribution in [3.8, 4) is 6.07 Å². The fourth-order valence-electron chi connectivity index (χ4n) is 3.49. The highest BCUT2D eigenvalue weighted by atomic mass is 16.2. The molecule has 4 nitrogen and oxygen atoms in total. The van der Waals surface area contributed by atoms with Crippen LogP contribution in [0.4, 0.5) is 0 Å². The molecule has 1 atom stereocenters. The first-order valence-electron chi connectivity index (χ1n) is 8.30. The SMILES string of the molecule is CC(C)(C)CC(=O)N1CCC(N2CCC[C@@H](C#N)C2)CC1. The Bertz CT molecular complexity index is 399. The number of hydrogen-bond acceptors (Lipinski definition) is 3. The van der Waals surface area contributed by atoms with Gasteiger partial charge in [-0.15, -0.1) is 0 Å². The second-order valence-corrected chi connectivity index (χ2v) is 7.81. The second-order valence-electron chi connectivity index (χ2n) is 7.81. The molecule has 2 rings (SSSR count). The standard InChI is InChI=1S/C17H29N3O/c1-17(2,3)11-16(21)19-9-6-15(7-10-19)20-8-4-5-14(12-18)13-20/h14-15H,4-11,13H2,1-3H3/t14-/m0/s1. The molecule has 0 bridgehead atoms. The highest BCUT2D eigenvalue weighted by Gasteiger charge is 2.31. The highest BCUT2D eigenvalue weighted by molar-refractivity contribution is 5.76. The van der Waals surface area contributed by atoms with E-state index < -0.39 is 0 Å². The molecule has 2 aliphatic heterocycles. The summed E-state index contributed by atoms with van der Waals surface area (Å²) in [4.78, 5) is 16.8. The number of nitriles is 1. The van der Waals surface area contributed by atoms with Crippen LogP contribution in [-0.4, -0.2) is 47.9 Å². The van der Waals surface area contributed by atoms with Crippen LogP contribution in [0.3, 0.4) is 0 Å². The van der Waals surface area contributed by atoms with E-state index in [2.05, 4.69) is 31.7 Å². The van der Waals surface area contributed by atoms with E-state index in [4.69, 9.17) is 5.26 Å². The zero-order valence-corrected chi connectivity index (χ0v) is 13.8. The number of amides is 1. The lowest BCUT2D eigenvalue weighted by atomic mass is 9.90. The maximum absolute atomic E-state index is 12.3. The monoisotopic (exact) mass is 291 g/mol. The number of carbonyl (C=O) groups excluding carboxylic acids is 1. The smallest absolute Gasteiger partial charge is 0.223 e. The van der Waals surface area contributed by atoms with Gasteiger partial charge in [0.05, 0.1) is 12.0 Å². The van der Waals surface area contributed by atoms with Crippen LogP contribution in [-0.2, 0) is 4.79 Å². The van der Waals surface area contributed by atoms with Gasteiger partial charge in [0.15, 0.2) is 0 Å². The molecule has 0 N–H and O–H groups in total. The lowest BCUT2D eigenvalue weighted by Crippen LogP contribution is -2.49. The van der Waals surface area contributed by atoms with Crippen LogP contribution < -0.4 is 0 Å². The minimum Gasteiger partial charge on any atom is -0.343 e. The lowest BCUT2D eigenvalue weighted by Gasteiger charge is -2.41. The first kappa shape index (κ1) is 16.3. The third-order valence-electron chi connectivity index (χ3n) is 4.65. The van der Waals surface area contributed by atoms with E-state index in [9.17, 15) is 4.79 Å². The highest BCUT2D eigenvalue weighted by Crippen LogP contribution is 2.25. The largest absolute Gasteiger partial charge is 0.343 e. The van der Waals surface area contributed by atoms with Gasteiger partial charge in [-0.1, -0.05) is 20.8 Å². The normalized spacial score (nSPS) is 25.6. The summed E-state index contributed by atoms with van der Waals surface area (Å²) in [5.74, 6) is 0.508. The Morgan fingerprint density at radius 3 is 2.43 bits per heavy atom. The molecule has 0 aromatic rings. The van der Waals surface area contributed by atoms with Crippen molar-refractivity contribution < 1.29 is 4.79 Å². The molecule has 0 radical (unpaired) electrons. The topological polar surface area (TPSA) is 47.3 Å². The molecule has 2 aliphatic rings. The maximum Gasteiger partial charge on any atom is 0.223 e. The Morgan fingerprint density at radius 1 is 1.19 bits per heavy atom. The van der Waals surface area contributed by atoms with Gasteiger partial charge in [-0.25, -0.2) is 0 Å². The Hall–Kier alpha value is -1.08. The predicted octanol–water partition coefficient (Wildman–Crippen LogP) is 2.65. The molecular formula is C17H29N3O. The first-order valence-corrected chi connectivity index (χ1v) is 8.30. The summed E-state index contributed by atoms with van der Waals surface area (Å²) in [6.07, 6.45) is 4.96. The fourth-order valence-corrected chi connectivity index (χ4v) is 3.49. The van der Waals surface area contributed by atoms with Gasteiger partial charge >= 0.3 is 0 Å². The van der Waals surface area contributed by atoms with Crippen LogP contribution in [0.2, 0.25) is 0 Å². The molecule has 2 saturated heterocycles. The molecule has 118 valence electrons. The van der Waals surface area contributed by atoms with Crippen molar-refractivity contribution in [2.24, 2.45) is 11.3 Å². The second kappa shape index (κ2) is 6.79. The van der Waals surface area contributed by atoms with E-state index in [0.717, 1.165) is 51.9 Å². The van der Waals surface area contributed by atoms with E-state index in [1.54, 1.807) is 0 Å². The van der Waals surface area contributed by atoms with Crippen molar-refractivity contribution in [2.45, 2.75) is 58.9 Å². The van der Waals surface area contributed by atoms with Gasteiger partial charge in [0, 0.05) is 32.1 Å². The van der Waals surface area contributed by atoms with Crippen molar-refractivity contribution in [1.29, 1.82) is 5.26 Å². The molecule has 1 amide bonds. The van der Waals surface area contributed by atoms with Gasteiger partial charge in [0.1, 0.15) is 0 Å². The average Bonchev–Trinajstić information content (AvgIpc) is 2.46. The van der Waals surface area contributed by atoms with Crippen LogP contribution >= 0.6 is 0 Å². The first-order chi connectivity index (χ1) is 9.89. The van der Waals surface area contributed by atoms with Gasteiger partial charge in [0.25, 0.3) is 0 Å². The van der Waals surface area contributed by atoms with Crippen molar-refractivity contribution in [3.63, 3.8) is 0 Å². The third-order valence-corrected chi connectivity index (χ3v) is 4.65. The number of carbonyl (C=O) groups is 1. The summed E-state index contributed by atoms with van der Waals surface area (Å²) in [6.45, 7) is 10.2. The van der Waals surface area contributed by atoms with E-state index in [1.807, 2.05) is 4.90 Å². The molecule has 2 fully saturated rings. The van der Waals surface area contributed by atoms with Gasteiger partial charge in [0.2, 0.25) is 5.91 Å². The van der Waals surface area contributed by atoms with Gasteiger partial charge < -0.3 is 4.90 Å². The van der Waals surface area contributed by atoms with Crippen LogP contribution in [0.25, 0.3) is 0 Å². The Kier molecular flexibility index (Phi) is 5.27. The van der Waals surface area contributed by atoms with E-state index >= 15 is 0 Å². The summed E-state index contributed by atoms with van der Waals surface area (Å²) in [6, 6.07) is 2.99. The maximum atomic E-state index is 12.3. The molecule has 0 aliphatic carbocycles. The van der Waals surface area contributed by atoms with Crippen molar-refractivity contribution in [1.82, 2.24) is 9.80 Å². The van der Waals surface area contributed by atoms with Crippen LogP contribution in [0, 0.1) is 22.7 Å². The van der Waals surface area contributed by atoms with E-state index in [-0.39, 0.29) is 11.3 Å². The fraction of sp³-hybridized carbons (Fsp3) is 0.882. The van der Waals surface area contributed by atoms with E-state index in [0.29, 0.717) is 18.4 Å². The number of piperidine rings is 2. The zero-order chi connectivity index (χ0) is 15.5. The quantitative estimate of drug-likeness (QED) is 0.786. The number of hydrogen-bond donors (Lipinski definition) is 0. The van der Waals surface area contributed by atoms with Gasteiger partial charge in [-0.2, -0.15) is 5.26 Å².